The van der Waals surface area contributed by atoms with Gasteiger partial charge in [0, 0.05) is 23.3 Å². The SMILES string of the molecule is Cc1cc(C)cc(-c2cc(CNC(C)(C)C)[nH]n2)c1. The van der Waals surface area contributed by atoms with Crippen LogP contribution in [0.25, 0.3) is 11.3 Å². The lowest BCUT2D eigenvalue weighted by molar-refractivity contribution is 0.421. The lowest BCUT2D eigenvalue weighted by Crippen LogP contribution is -2.35. The maximum absolute atomic E-state index is 4.40. The van der Waals surface area contributed by atoms with Crippen LogP contribution in [-0.4, -0.2) is 15.7 Å². The fourth-order valence-electron chi connectivity index (χ4n) is 2.08. The summed E-state index contributed by atoms with van der Waals surface area (Å²) in [6.45, 7) is 11.5. The Balaban J connectivity index is 2.16. The van der Waals surface area contributed by atoms with Gasteiger partial charge in [0.15, 0.2) is 0 Å². The van der Waals surface area contributed by atoms with Crippen molar-refractivity contribution in [2.24, 2.45) is 0 Å². The Morgan fingerprint density at radius 1 is 1.05 bits per heavy atom. The summed E-state index contributed by atoms with van der Waals surface area (Å²) in [6, 6.07) is 8.64. The molecule has 0 saturated heterocycles. The van der Waals surface area contributed by atoms with Crippen molar-refractivity contribution >= 4 is 0 Å². The molecule has 1 aromatic heterocycles. The summed E-state index contributed by atoms with van der Waals surface area (Å²) in [7, 11) is 0. The predicted octanol–water partition coefficient (Wildman–Crippen LogP) is 3.58. The molecule has 3 nitrogen and oxygen atoms in total. The van der Waals surface area contributed by atoms with E-state index in [-0.39, 0.29) is 5.54 Å². The molecular weight excluding hydrogens is 234 g/mol. The Hall–Kier alpha value is -1.61. The highest BCUT2D eigenvalue weighted by molar-refractivity contribution is 5.61. The third-order valence-corrected chi connectivity index (χ3v) is 2.96. The molecule has 3 heteroatoms. The van der Waals surface area contributed by atoms with Crippen molar-refractivity contribution in [3.63, 3.8) is 0 Å². The molecule has 102 valence electrons. The summed E-state index contributed by atoms with van der Waals surface area (Å²) >= 11 is 0. The number of hydrogen-bond donors (Lipinski definition) is 2. The molecule has 0 spiro atoms. The van der Waals surface area contributed by atoms with Crippen LogP contribution >= 0.6 is 0 Å². The number of nitrogens with one attached hydrogen (secondary N) is 2. The molecule has 19 heavy (non-hydrogen) atoms. The lowest BCUT2D eigenvalue weighted by atomic mass is 10.0. The van der Waals surface area contributed by atoms with Crippen molar-refractivity contribution in [3.8, 4) is 11.3 Å². The summed E-state index contributed by atoms with van der Waals surface area (Å²) in [5, 5.41) is 11.0. The van der Waals surface area contributed by atoms with Crippen molar-refractivity contribution in [2.45, 2.75) is 46.7 Å². The summed E-state index contributed by atoms with van der Waals surface area (Å²) < 4.78 is 0. The third kappa shape index (κ3) is 3.93. The maximum Gasteiger partial charge on any atom is 0.0924 e. The van der Waals surface area contributed by atoms with Crippen LogP contribution in [0.4, 0.5) is 0 Å². The highest BCUT2D eigenvalue weighted by Crippen LogP contribution is 2.21. The lowest BCUT2D eigenvalue weighted by Gasteiger charge is -2.19. The second-order valence-corrected chi connectivity index (χ2v) is 6.26. The number of nitrogens with zero attached hydrogens (tertiary/aromatic N) is 1. The van der Waals surface area contributed by atoms with Crippen LogP contribution in [0.15, 0.2) is 24.3 Å². The fourth-order valence-corrected chi connectivity index (χ4v) is 2.08. The van der Waals surface area contributed by atoms with Gasteiger partial charge in [-0.15, -0.1) is 0 Å². The Morgan fingerprint density at radius 3 is 2.26 bits per heavy atom. The summed E-state index contributed by atoms with van der Waals surface area (Å²) in [6.07, 6.45) is 0. The van der Waals surface area contributed by atoms with Crippen LogP contribution in [0.3, 0.4) is 0 Å². The molecule has 0 saturated carbocycles. The Bertz CT molecular complexity index is 541. The molecule has 1 heterocycles. The Kier molecular flexibility index (Phi) is 3.76. The van der Waals surface area contributed by atoms with E-state index < -0.39 is 0 Å². The van der Waals surface area contributed by atoms with E-state index in [1.165, 1.54) is 16.7 Å². The molecule has 0 bridgehead atoms. The monoisotopic (exact) mass is 257 g/mol. The quantitative estimate of drug-likeness (QED) is 0.882. The number of aromatic amines is 1. The summed E-state index contributed by atoms with van der Waals surface area (Å²) in [5.41, 5.74) is 5.96. The van der Waals surface area contributed by atoms with Gasteiger partial charge in [0.2, 0.25) is 0 Å². The first-order valence-corrected chi connectivity index (χ1v) is 6.71. The first-order valence-electron chi connectivity index (χ1n) is 6.71. The third-order valence-electron chi connectivity index (χ3n) is 2.96. The van der Waals surface area contributed by atoms with E-state index in [0.29, 0.717) is 0 Å². The van der Waals surface area contributed by atoms with Crippen LogP contribution < -0.4 is 5.32 Å². The minimum Gasteiger partial charge on any atom is -0.306 e. The fraction of sp³-hybridized carbons (Fsp3) is 0.438. The van der Waals surface area contributed by atoms with E-state index in [0.717, 1.165) is 17.9 Å². The molecule has 0 aliphatic heterocycles. The van der Waals surface area contributed by atoms with Gasteiger partial charge in [0.25, 0.3) is 0 Å². The van der Waals surface area contributed by atoms with Crippen LogP contribution in [0.2, 0.25) is 0 Å². The van der Waals surface area contributed by atoms with Crippen molar-refractivity contribution < 1.29 is 0 Å². The first-order chi connectivity index (χ1) is 8.83. The van der Waals surface area contributed by atoms with E-state index in [2.05, 4.69) is 74.4 Å². The zero-order valence-corrected chi connectivity index (χ0v) is 12.5. The zero-order chi connectivity index (χ0) is 14.0. The minimum absolute atomic E-state index is 0.116. The Labute approximate surface area is 115 Å². The zero-order valence-electron chi connectivity index (χ0n) is 12.5. The molecule has 0 aliphatic rings. The van der Waals surface area contributed by atoms with Crippen LogP contribution in [0.1, 0.15) is 37.6 Å². The van der Waals surface area contributed by atoms with Crippen LogP contribution in [-0.2, 0) is 6.54 Å². The first kappa shape index (κ1) is 13.8. The number of hydrogen-bond acceptors (Lipinski definition) is 2. The topological polar surface area (TPSA) is 40.7 Å². The molecule has 0 unspecified atom stereocenters. The Morgan fingerprint density at radius 2 is 1.68 bits per heavy atom. The molecule has 0 aliphatic carbocycles. The number of H-pyrrole nitrogens is 1. The second kappa shape index (κ2) is 5.17. The van der Waals surface area contributed by atoms with Crippen molar-refractivity contribution in [2.75, 3.05) is 0 Å². The van der Waals surface area contributed by atoms with Gasteiger partial charge < -0.3 is 5.32 Å². The van der Waals surface area contributed by atoms with Gasteiger partial charge in [-0.2, -0.15) is 5.10 Å². The van der Waals surface area contributed by atoms with E-state index in [1.807, 2.05) is 0 Å². The minimum atomic E-state index is 0.116. The average Bonchev–Trinajstić information content (AvgIpc) is 2.72. The van der Waals surface area contributed by atoms with Crippen molar-refractivity contribution in [3.05, 3.63) is 41.1 Å². The molecule has 0 fully saturated rings. The number of aromatic nitrogens is 2. The predicted molar refractivity (Wildman–Crippen MR) is 80.1 cm³/mol. The summed E-state index contributed by atoms with van der Waals surface area (Å²) in [5.74, 6) is 0. The molecule has 0 radical (unpaired) electrons. The van der Waals surface area contributed by atoms with E-state index >= 15 is 0 Å². The number of rotatable bonds is 3. The van der Waals surface area contributed by atoms with Crippen LogP contribution in [0, 0.1) is 13.8 Å². The van der Waals surface area contributed by atoms with Crippen LogP contribution in [0.5, 0.6) is 0 Å². The smallest absolute Gasteiger partial charge is 0.0924 e. The maximum atomic E-state index is 4.40. The van der Waals surface area contributed by atoms with Crippen molar-refractivity contribution in [1.29, 1.82) is 0 Å². The molecular formula is C16H23N3. The van der Waals surface area contributed by atoms with Gasteiger partial charge in [-0.25, -0.2) is 0 Å². The number of benzene rings is 1. The van der Waals surface area contributed by atoms with E-state index in [9.17, 15) is 0 Å². The molecule has 2 N–H and O–H groups in total. The molecule has 2 aromatic rings. The molecule has 0 amide bonds. The van der Waals surface area contributed by atoms with Gasteiger partial charge in [0.05, 0.1) is 5.69 Å². The molecule has 0 atom stereocenters. The summed E-state index contributed by atoms with van der Waals surface area (Å²) in [4.78, 5) is 0. The van der Waals surface area contributed by atoms with Gasteiger partial charge >= 0.3 is 0 Å². The second-order valence-electron chi connectivity index (χ2n) is 6.26. The van der Waals surface area contributed by atoms with E-state index in [1.54, 1.807) is 0 Å². The normalized spacial score (nSPS) is 11.8. The average molecular weight is 257 g/mol. The highest BCUT2D eigenvalue weighted by atomic mass is 15.1. The van der Waals surface area contributed by atoms with E-state index in [4.69, 9.17) is 0 Å². The van der Waals surface area contributed by atoms with Gasteiger partial charge in [-0.1, -0.05) is 17.2 Å². The standard InChI is InChI=1S/C16H23N3/c1-11-6-12(2)8-13(7-11)15-9-14(18-19-15)10-17-16(3,4)5/h6-9,17H,10H2,1-5H3,(H,18,19). The number of aryl methyl sites for hydroxylation is 2. The van der Waals surface area contributed by atoms with Crippen molar-refractivity contribution in [1.82, 2.24) is 15.5 Å². The molecule has 2 rings (SSSR count). The van der Waals surface area contributed by atoms with Gasteiger partial charge in [-0.05, 0) is 52.8 Å². The molecule has 1 aromatic carbocycles. The highest BCUT2D eigenvalue weighted by Gasteiger charge is 2.10. The van der Waals surface area contributed by atoms with Gasteiger partial charge in [-0.3, -0.25) is 5.10 Å². The van der Waals surface area contributed by atoms with Gasteiger partial charge in [0.1, 0.15) is 0 Å². The largest absolute Gasteiger partial charge is 0.306 e.